The maximum absolute atomic E-state index is 12.4. The van der Waals surface area contributed by atoms with E-state index in [0.29, 0.717) is 16.9 Å². The highest BCUT2D eigenvalue weighted by Crippen LogP contribution is 2.24. The van der Waals surface area contributed by atoms with E-state index in [1.165, 1.54) is 19.3 Å². The van der Waals surface area contributed by atoms with Crippen LogP contribution < -0.4 is 15.4 Å². The van der Waals surface area contributed by atoms with Crippen LogP contribution in [-0.2, 0) is 0 Å². The predicted octanol–water partition coefficient (Wildman–Crippen LogP) is 4.87. The molecule has 34 heavy (non-hydrogen) atoms. The summed E-state index contributed by atoms with van der Waals surface area (Å²) in [5, 5.41) is 36.0. The van der Waals surface area contributed by atoms with E-state index in [1.54, 1.807) is 36.4 Å². The minimum atomic E-state index is -1.83. The van der Waals surface area contributed by atoms with Crippen molar-refractivity contribution in [3.05, 3.63) is 60.0 Å². The molecule has 0 bridgehead atoms. The topological polar surface area (TPSA) is 171 Å². The summed E-state index contributed by atoms with van der Waals surface area (Å²) in [6.45, 7) is 0. The third kappa shape index (κ3) is 7.52. The van der Waals surface area contributed by atoms with Gasteiger partial charge in [-0.1, -0.05) is 11.5 Å². The number of carboxylic acid groups (broad SMARTS) is 2. The number of hydrogen-bond donors (Lipinski definition) is 4. The number of nitrogens with zero attached hydrogens (tertiary/aromatic N) is 3. The van der Waals surface area contributed by atoms with Crippen LogP contribution in [0.4, 0.5) is 22.2 Å². The zero-order valence-electron chi connectivity index (χ0n) is 18.1. The van der Waals surface area contributed by atoms with Gasteiger partial charge in [-0.2, -0.15) is 5.26 Å². The number of rotatable bonds is 6. The Morgan fingerprint density at radius 3 is 2.21 bits per heavy atom. The molecule has 1 saturated carbocycles. The van der Waals surface area contributed by atoms with Crippen molar-refractivity contribution < 1.29 is 29.0 Å². The lowest BCUT2D eigenvalue weighted by molar-refractivity contribution is 0.0990. The van der Waals surface area contributed by atoms with Crippen molar-refractivity contribution in [3.63, 3.8) is 0 Å². The maximum atomic E-state index is 12.4. The summed E-state index contributed by atoms with van der Waals surface area (Å²) in [6, 6.07) is 16.1. The van der Waals surface area contributed by atoms with Crippen LogP contribution in [0.15, 0.2) is 52.9 Å². The molecule has 176 valence electrons. The maximum Gasteiger partial charge on any atom is 0.503 e. The van der Waals surface area contributed by atoms with Crippen molar-refractivity contribution in [2.45, 2.75) is 38.2 Å². The average molecular weight is 465 g/mol. The van der Waals surface area contributed by atoms with Gasteiger partial charge in [0.1, 0.15) is 5.75 Å². The molecule has 1 aliphatic carbocycles. The van der Waals surface area contributed by atoms with Gasteiger partial charge in [0.25, 0.3) is 0 Å². The Morgan fingerprint density at radius 2 is 1.59 bits per heavy atom. The fourth-order valence-corrected chi connectivity index (χ4v) is 3.29. The summed E-state index contributed by atoms with van der Waals surface area (Å²) < 4.78 is 11.4. The minimum absolute atomic E-state index is 0.0843. The van der Waals surface area contributed by atoms with Gasteiger partial charge in [0.2, 0.25) is 0 Å². The van der Waals surface area contributed by atoms with Crippen LogP contribution in [0.2, 0.25) is 0 Å². The summed E-state index contributed by atoms with van der Waals surface area (Å²) >= 11 is 0. The first-order chi connectivity index (χ1) is 16.4. The molecular weight excluding hydrogens is 442 g/mol. The number of hydrogen-bond acceptors (Lipinski definition) is 8. The molecule has 0 unspecified atom stereocenters. The Kier molecular flexibility index (Phi) is 8.40. The molecule has 4 N–H and O–H groups in total. The second kappa shape index (κ2) is 11.9. The van der Waals surface area contributed by atoms with Gasteiger partial charge in [-0.05, 0) is 74.2 Å². The predicted molar refractivity (Wildman–Crippen MR) is 121 cm³/mol. The fraction of sp³-hybridized carbons (Fsp3) is 0.261. The molecule has 3 aromatic rings. The Hall–Kier alpha value is -4.59. The van der Waals surface area contributed by atoms with Crippen LogP contribution in [0.1, 0.15) is 48.4 Å². The first-order valence-electron chi connectivity index (χ1n) is 10.5. The number of carbonyl (C=O) groups excluding carboxylic acids is 1. The van der Waals surface area contributed by atoms with Crippen LogP contribution in [0.25, 0.3) is 0 Å². The van der Waals surface area contributed by atoms with Crippen LogP contribution in [0, 0.1) is 11.3 Å². The standard InChI is InChI=1S/C22H21N5O3.CH2O3/c23-14-15-6-8-17(9-7-15)25-22-27-26-21(30-22)20(28)24-16-10-12-19(13-11-16)29-18-4-2-1-3-5-18;2-1(3)4/h6-13,18H,1-5H2,(H,24,28)(H,25,27);(H2,2,3,4). The van der Waals surface area contributed by atoms with Gasteiger partial charge in [-0.25, -0.2) is 4.79 Å². The summed E-state index contributed by atoms with van der Waals surface area (Å²) in [5.41, 5.74) is 1.82. The highest BCUT2D eigenvalue weighted by molar-refractivity contribution is 6.00. The number of anilines is 3. The van der Waals surface area contributed by atoms with Gasteiger partial charge < -0.3 is 30.0 Å². The summed E-state index contributed by atoms with van der Waals surface area (Å²) in [7, 11) is 0. The van der Waals surface area contributed by atoms with Gasteiger partial charge in [0, 0.05) is 11.4 Å². The molecule has 0 spiro atoms. The van der Waals surface area contributed by atoms with E-state index in [2.05, 4.69) is 20.8 Å². The molecule has 1 fully saturated rings. The zero-order chi connectivity index (χ0) is 24.3. The highest BCUT2D eigenvalue weighted by atomic mass is 16.6. The molecule has 1 aromatic heterocycles. The number of ether oxygens (including phenoxy) is 1. The molecule has 1 heterocycles. The molecule has 0 saturated heterocycles. The van der Waals surface area contributed by atoms with Crippen molar-refractivity contribution in [1.29, 1.82) is 5.26 Å². The van der Waals surface area contributed by atoms with E-state index in [-0.39, 0.29) is 18.0 Å². The number of amides is 1. The molecule has 0 radical (unpaired) electrons. The van der Waals surface area contributed by atoms with Gasteiger partial charge in [-0.3, -0.25) is 4.79 Å². The molecule has 4 rings (SSSR count). The monoisotopic (exact) mass is 465 g/mol. The third-order valence-electron chi connectivity index (χ3n) is 4.85. The lowest BCUT2D eigenvalue weighted by Crippen LogP contribution is -2.19. The normalized spacial score (nSPS) is 13.0. The van der Waals surface area contributed by atoms with E-state index < -0.39 is 12.1 Å². The molecule has 11 heteroatoms. The van der Waals surface area contributed by atoms with Gasteiger partial charge in [0.05, 0.1) is 17.7 Å². The number of aromatic nitrogens is 2. The van der Waals surface area contributed by atoms with E-state index >= 15 is 0 Å². The van der Waals surface area contributed by atoms with Crippen LogP contribution in [0.3, 0.4) is 0 Å². The summed E-state index contributed by atoms with van der Waals surface area (Å²) in [6.07, 6.45) is 4.34. The van der Waals surface area contributed by atoms with E-state index in [9.17, 15) is 4.79 Å². The lowest BCUT2D eigenvalue weighted by Gasteiger charge is -2.23. The number of nitriles is 1. The van der Waals surface area contributed by atoms with Gasteiger partial charge in [0.15, 0.2) is 0 Å². The van der Waals surface area contributed by atoms with Crippen LogP contribution in [-0.4, -0.2) is 38.6 Å². The fourth-order valence-electron chi connectivity index (χ4n) is 3.29. The molecule has 0 aliphatic heterocycles. The quantitative estimate of drug-likeness (QED) is 0.393. The molecule has 2 aromatic carbocycles. The van der Waals surface area contributed by atoms with Crippen LogP contribution >= 0.6 is 0 Å². The third-order valence-corrected chi connectivity index (χ3v) is 4.85. The Labute approximate surface area is 195 Å². The number of carbonyl (C=O) groups is 2. The molecule has 1 amide bonds. The second-order valence-electron chi connectivity index (χ2n) is 7.37. The van der Waals surface area contributed by atoms with Crippen LogP contribution in [0.5, 0.6) is 5.75 Å². The van der Waals surface area contributed by atoms with Gasteiger partial charge >= 0.3 is 24.0 Å². The first-order valence-corrected chi connectivity index (χ1v) is 10.5. The van der Waals surface area contributed by atoms with Crippen molar-refractivity contribution >= 4 is 29.5 Å². The Bertz CT molecular complexity index is 1130. The molecule has 0 atom stereocenters. The minimum Gasteiger partial charge on any atom is -0.490 e. The number of nitrogens with one attached hydrogen (secondary N) is 2. The Balaban J connectivity index is 0.000000751. The number of benzene rings is 2. The van der Waals surface area contributed by atoms with E-state index in [4.69, 9.17) is 29.4 Å². The largest absolute Gasteiger partial charge is 0.503 e. The summed E-state index contributed by atoms with van der Waals surface area (Å²) in [5.74, 6) is 0.136. The SMILES string of the molecule is N#Cc1ccc(Nc2nnc(C(=O)Nc3ccc(OC4CCCCC4)cc3)o2)cc1.O=C(O)O. The average Bonchev–Trinajstić information content (AvgIpc) is 3.30. The molecule has 1 aliphatic rings. The lowest BCUT2D eigenvalue weighted by atomic mass is 9.98. The second-order valence-corrected chi connectivity index (χ2v) is 7.37. The van der Waals surface area contributed by atoms with Crippen molar-refractivity contribution in [2.75, 3.05) is 10.6 Å². The summed E-state index contributed by atoms with van der Waals surface area (Å²) in [4.78, 5) is 20.9. The van der Waals surface area contributed by atoms with Gasteiger partial charge in [-0.15, -0.1) is 5.10 Å². The first kappa shape index (κ1) is 24.1. The Morgan fingerprint density at radius 1 is 0.971 bits per heavy atom. The smallest absolute Gasteiger partial charge is 0.490 e. The molecular formula is C23H23N5O6. The van der Waals surface area contributed by atoms with Crippen molar-refractivity contribution in [3.8, 4) is 11.8 Å². The highest BCUT2D eigenvalue weighted by Gasteiger charge is 2.17. The van der Waals surface area contributed by atoms with E-state index in [1.807, 2.05) is 18.2 Å². The van der Waals surface area contributed by atoms with Crippen molar-refractivity contribution in [2.24, 2.45) is 0 Å². The van der Waals surface area contributed by atoms with Crippen molar-refractivity contribution in [1.82, 2.24) is 10.2 Å². The molecule has 11 nitrogen and oxygen atoms in total. The van der Waals surface area contributed by atoms with E-state index in [0.717, 1.165) is 18.6 Å². The zero-order valence-corrected chi connectivity index (χ0v) is 18.1.